The number of hydrogen-bond donors (Lipinski definition) is 1. The van der Waals surface area contributed by atoms with Crippen LogP contribution in [0.3, 0.4) is 0 Å². The second-order valence-electron chi connectivity index (χ2n) is 3.84. The number of nitrogens with two attached hydrogens (primary N) is 1. The Labute approximate surface area is 86.3 Å². The average Bonchev–Trinajstić information content (AvgIpc) is 2.62. The molecule has 0 aromatic carbocycles. The predicted molar refractivity (Wildman–Crippen MR) is 59.1 cm³/mol. The van der Waals surface area contributed by atoms with Crippen LogP contribution in [0, 0.1) is 0 Å². The first kappa shape index (κ1) is 11.2. The molecule has 1 unspecified atom stereocenters. The summed E-state index contributed by atoms with van der Waals surface area (Å²) in [6, 6.07) is 0.277. The molecule has 0 amide bonds. The second-order valence-corrected chi connectivity index (χ2v) is 3.84. The molecule has 3 heteroatoms. The molecule has 0 radical (unpaired) electrons. The Morgan fingerprint density at radius 1 is 1.50 bits per heavy atom. The van der Waals surface area contributed by atoms with Crippen LogP contribution in [0.15, 0.2) is 12.4 Å². The fourth-order valence-electron chi connectivity index (χ4n) is 1.40. The maximum atomic E-state index is 5.88. The van der Waals surface area contributed by atoms with Gasteiger partial charge in [0.2, 0.25) is 0 Å². The fourth-order valence-corrected chi connectivity index (χ4v) is 1.40. The third-order valence-corrected chi connectivity index (χ3v) is 2.45. The lowest BCUT2D eigenvalue weighted by atomic mass is 10.1. The molecule has 0 aliphatic rings. The van der Waals surface area contributed by atoms with E-state index in [1.165, 1.54) is 18.4 Å². The van der Waals surface area contributed by atoms with E-state index in [0.29, 0.717) is 0 Å². The maximum Gasteiger partial charge on any atom is 0.0522 e. The van der Waals surface area contributed by atoms with E-state index < -0.39 is 0 Å². The highest BCUT2D eigenvalue weighted by Crippen LogP contribution is 2.04. The fraction of sp³-hybridized carbons (Fsp3) is 0.727. The topological polar surface area (TPSA) is 43.8 Å². The zero-order valence-corrected chi connectivity index (χ0v) is 9.24. The van der Waals surface area contributed by atoms with E-state index in [9.17, 15) is 0 Å². The second kappa shape index (κ2) is 5.81. The van der Waals surface area contributed by atoms with Crippen molar-refractivity contribution in [3.63, 3.8) is 0 Å². The van der Waals surface area contributed by atoms with E-state index in [1.807, 2.05) is 10.9 Å². The Hall–Kier alpha value is -0.830. The molecule has 3 nitrogen and oxygen atoms in total. The molecule has 0 saturated carbocycles. The van der Waals surface area contributed by atoms with Gasteiger partial charge in [-0.15, -0.1) is 0 Å². The average molecular weight is 195 g/mol. The van der Waals surface area contributed by atoms with Crippen molar-refractivity contribution in [2.24, 2.45) is 5.73 Å². The zero-order chi connectivity index (χ0) is 10.4. The standard InChI is InChI=1S/C11H21N3/c1-3-5-6-14-9-10(8-13-14)7-11(12)4-2/h8-9,11H,3-7,12H2,1-2H3. The third kappa shape index (κ3) is 3.50. The van der Waals surface area contributed by atoms with Gasteiger partial charge >= 0.3 is 0 Å². The Balaban J connectivity index is 2.42. The number of unbranched alkanes of at least 4 members (excludes halogenated alkanes) is 1. The molecular weight excluding hydrogens is 174 g/mol. The summed E-state index contributed by atoms with van der Waals surface area (Å²) in [6.45, 7) is 5.33. The third-order valence-electron chi connectivity index (χ3n) is 2.45. The molecule has 80 valence electrons. The summed E-state index contributed by atoms with van der Waals surface area (Å²) in [7, 11) is 0. The summed E-state index contributed by atoms with van der Waals surface area (Å²) >= 11 is 0. The van der Waals surface area contributed by atoms with Crippen LogP contribution < -0.4 is 5.73 Å². The largest absolute Gasteiger partial charge is 0.327 e. The summed E-state index contributed by atoms with van der Waals surface area (Å²) < 4.78 is 2.02. The molecule has 1 aromatic rings. The lowest BCUT2D eigenvalue weighted by Crippen LogP contribution is -2.21. The molecular formula is C11H21N3. The number of hydrogen-bond acceptors (Lipinski definition) is 2. The molecule has 0 spiro atoms. The molecule has 1 atom stereocenters. The van der Waals surface area contributed by atoms with Crippen molar-refractivity contribution in [3.05, 3.63) is 18.0 Å². The smallest absolute Gasteiger partial charge is 0.0522 e. The summed E-state index contributed by atoms with van der Waals surface area (Å²) in [4.78, 5) is 0. The van der Waals surface area contributed by atoms with Crippen LogP contribution in [0.25, 0.3) is 0 Å². The van der Waals surface area contributed by atoms with Gasteiger partial charge in [-0.05, 0) is 24.8 Å². The number of rotatable bonds is 6. The Morgan fingerprint density at radius 3 is 2.93 bits per heavy atom. The van der Waals surface area contributed by atoms with E-state index in [0.717, 1.165) is 19.4 Å². The summed E-state index contributed by atoms with van der Waals surface area (Å²) in [5.41, 5.74) is 7.14. The lowest BCUT2D eigenvalue weighted by Gasteiger charge is -2.05. The van der Waals surface area contributed by atoms with Gasteiger partial charge in [-0.3, -0.25) is 4.68 Å². The molecule has 0 saturated heterocycles. The van der Waals surface area contributed by atoms with Crippen molar-refractivity contribution in [2.75, 3.05) is 0 Å². The maximum absolute atomic E-state index is 5.88. The van der Waals surface area contributed by atoms with Gasteiger partial charge in [-0.2, -0.15) is 5.10 Å². The van der Waals surface area contributed by atoms with Gasteiger partial charge in [-0.1, -0.05) is 20.3 Å². The molecule has 1 aromatic heterocycles. The lowest BCUT2D eigenvalue weighted by molar-refractivity contribution is 0.570. The van der Waals surface area contributed by atoms with Crippen molar-refractivity contribution in [3.8, 4) is 0 Å². The van der Waals surface area contributed by atoms with Crippen LogP contribution in [0.5, 0.6) is 0 Å². The van der Waals surface area contributed by atoms with Crippen molar-refractivity contribution < 1.29 is 0 Å². The van der Waals surface area contributed by atoms with E-state index in [1.54, 1.807) is 0 Å². The molecule has 2 N–H and O–H groups in total. The molecule has 14 heavy (non-hydrogen) atoms. The summed E-state index contributed by atoms with van der Waals surface area (Å²) in [5, 5.41) is 4.30. The summed E-state index contributed by atoms with van der Waals surface area (Å²) in [5.74, 6) is 0. The van der Waals surface area contributed by atoms with Gasteiger partial charge in [0.15, 0.2) is 0 Å². The highest BCUT2D eigenvalue weighted by molar-refractivity contribution is 5.05. The molecule has 0 aliphatic heterocycles. The van der Waals surface area contributed by atoms with Crippen molar-refractivity contribution >= 4 is 0 Å². The normalized spacial score (nSPS) is 13.1. The van der Waals surface area contributed by atoms with Crippen LogP contribution in [0.2, 0.25) is 0 Å². The predicted octanol–water partition coefficient (Wildman–Crippen LogP) is 1.96. The summed E-state index contributed by atoms with van der Waals surface area (Å²) in [6.07, 6.45) is 8.43. The Bertz CT molecular complexity index is 255. The molecule has 1 rings (SSSR count). The number of aryl methyl sites for hydroxylation is 1. The Kier molecular flexibility index (Phi) is 4.66. The number of aromatic nitrogens is 2. The van der Waals surface area contributed by atoms with Gasteiger partial charge in [0.25, 0.3) is 0 Å². The number of nitrogens with zero attached hydrogens (tertiary/aromatic N) is 2. The van der Waals surface area contributed by atoms with Gasteiger partial charge < -0.3 is 5.73 Å². The molecule has 0 bridgehead atoms. The van der Waals surface area contributed by atoms with Gasteiger partial charge in [0.1, 0.15) is 0 Å². The minimum atomic E-state index is 0.277. The van der Waals surface area contributed by atoms with Gasteiger partial charge in [0.05, 0.1) is 6.20 Å². The van der Waals surface area contributed by atoms with Gasteiger partial charge in [-0.25, -0.2) is 0 Å². The van der Waals surface area contributed by atoms with Gasteiger partial charge in [0, 0.05) is 18.8 Å². The van der Waals surface area contributed by atoms with E-state index in [2.05, 4.69) is 25.1 Å². The zero-order valence-electron chi connectivity index (χ0n) is 9.24. The van der Waals surface area contributed by atoms with Crippen molar-refractivity contribution in [1.82, 2.24) is 9.78 Å². The monoisotopic (exact) mass is 195 g/mol. The highest BCUT2D eigenvalue weighted by atomic mass is 15.3. The van der Waals surface area contributed by atoms with E-state index >= 15 is 0 Å². The molecule has 0 aliphatic carbocycles. The quantitative estimate of drug-likeness (QED) is 0.754. The highest BCUT2D eigenvalue weighted by Gasteiger charge is 2.03. The van der Waals surface area contributed by atoms with Crippen LogP contribution >= 0.6 is 0 Å². The first-order valence-electron chi connectivity index (χ1n) is 5.53. The first-order chi connectivity index (χ1) is 6.76. The van der Waals surface area contributed by atoms with Crippen molar-refractivity contribution in [1.29, 1.82) is 0 Å². The van der Waals surface area contributed by atoms with Crippen LogP contribution in [0.4, 0.5) is 0 Å². The van der Waals surface area contributed by atoms with E-state index in [4.69, 9.17) is 5.73 Å². The minimum Gasteiger partial charge on any atom is -0.327 e. The van der Waals surface area contributed by atoms with E-state index in [-0.39, 0.29) is 6.04 Å². The van der Waals surface area contributed by atoms with Crippen LogP contribution in [-0.2, 0) is 13.0 Å². The van der Waals surface area contributed by atoms with Crippen molar-refractivity contribution in [2.45, 2.75) is 52.1 Å². The van der Waals surface area contributed by atoms with Crippen LogP contribution in [0.1, 0.15) is 38.7 Å². The minimum absolute atomic E-state index is 0.277. The molecule has 1 heterocycles. The first-order valence-corrected chi connectivity index (χ1v) is 5.53. The SMILES string of the molecule is CCCCn1cc(CC(N)CC)cn1. The molecule has 0 fully saturated rings. The van der Waals surface area contributed by atoms with Crippen LogP contribution in [-0.4, -0.2) is 15.8 Å². The Morgan fingerprint density at radius 2 is 2.29 bits per heavy atom.